The van der Waals surface area contributed by atoms with Crippen LogP contribution in [0.5, 0.6) is 11.5 Å². The highest BCUT2D eigenvalue weighted by Gasteiger charge is 2.25. The number of hydrogen-bond acceptors (Lipinski definition) is 6. The van der Waals surface area contributed by atoms with Crippen LogP contribution >= 0.6 is 0 Å². The Balaban J connectivity index is 0.000000421. The molecule has 0 atom stereocenters. The van der Waals surface area contributed by atoms with Crippen molar-refractivity contribution in [3.8, 4) is 22.6 Å². The fourth-order valence-electron chi connectivity index (χ4n) is 4.64. The number of carbonyl (C=O) groups excluding carboxylic acids is 1. The van der Waals surface area contributed by atoms with E-state index in [4.69, 9.17) is 19.9 Å². The summed E-state index contributed by atoms with van der Waals surface area (Å²) in [6.07, 6.45) is 4.13. The smallest absolute Gasteiger partial charge is 0.262 e. The van der Waals surface area contributed by atoms with E-state index in [1.165, 1.54) is 25.9 Å². The lowest BCUT2D eigenvalue weighted by molar-refractivity contribution is 0.0990. The first-order valence-corrected chi connectivity index (χ1v) is 14.8. The maximum atomic E-state index is 13.3. The number of rotatable bonds is 10. The van der Waals surface area contributed by atoms with Gasteiger partial charge in [0.05, 0.1) is 12.1 Å². The number of fused-ring (bicyclic) bond motifs is 1. The highest BCUT2D eigenvalue weighted by molar-refractivity contribution is 6.08. The molecule has 0 aromatic heterocycles. The van der Waals surface area contributed by atoms with Gasteiger partial charge in [0.15, 0.2) is 0 Å². The second kappa shape index (κ2) is 17.7. The van der Waals surface area contributed by atoms with Gasteiger partial charge in [-0.2, -0.15) is 0 Å². The molecule has 1 amide bonds. The van der Waals surface area contributed by atoms with Gasteiger partial charge < -0.3 is 24.8 Å². The average molecular weight is 572 g/mol. The number of anilines is 1. The van der Waals surface area contributed by atoms with E-state index in [1.54, 1.807) is 11.0 Å². The SMILES string of the molecule is C=CC(=C)OCCN.CC.O=C1c2ccc(-c3ccccc3)cc2OCCN1c1ccc(OCCN2CCCC2)cc1. The molecule has 1 fully saturated rings. The molecule has 0 aliphatic carbocycles. The van der Waals surface area contributed by atoms with Crippen molar-refractivity contribution in [1.82, 2.24) is 4.90 Å². The van der Waals surface area contributed by atoms with Crippen molar-refractivity contribution in [1.29, 1.82) is 0 Å². The summed E-state index contributed by atoms with van der Waals surface area (Å²) in [5, 5.41) is 0. The number of ether oxygens (including phenoxy) is 3. The highest BCUT2D eigenvalue weighted by Crippen LogP contribution is 2.31. The first kappa shape index (κ1) is 32.4. The molecule has 224 valence electrons. The second-order valence-electron chi connectivity index (χ2n) is 9.58. The first-order chi connectivity index (χ1) is 20.6. The lowest BCUT2D eigenvalue weighted by Gasteiger charge is -2.20. The van der Waals surface area contributed by atoms with Crippen LogP contribution in [0.3, 0.4) is 0 Å². The third-order valence-corrected chi connectivity index (χ3v) is 6.79. The molecule has 0 saturated carbocycles. The van der Waals surface area contributed by atoms with Crippen LogP contribution in [-0.2, 0) is 4.74 Å². The van der Waals surface area contributed by atoms with Crippen LogP contribution in [0.25, 0.3) is 11.1 Å². The van der Waals surface area contributed by atoms with Gasteiger partial charge in [-0.3, -0.25) is 9.69 Å². The maximum Gasteiger partial charge on any atom is 0.262 e. The fourth-order valence-corrected chi connectivity index (χ4v) is 4.64. The average Bonchev–Trinajstić information content (AvgIpc) is 3.51. The molecule has 2 aliphatic heterocycles. The van der Waals surface area contributed by atoms with Crippen molar-refractivity contribution < 1.29 is 19.0 Å². The van der Waals surface area contributed by atoms with Crippen LogP contribution in [0.2, 0.25) is 0 Å². The Morgan fingerprint density at radius 1 is 0.952 bits per heavy atom. The molecule has 7 heteroatoms. The summed E-state index contributed by atoms with van der Waals surface area (Å²) in [5.74, 6) is 2.01. The number of benzene rings is 3. The number of allylic oxidation sites excluding steroid dienone is 1. The monoisotopic (exact) mass is 571 g/mol. The number of likely N-dealkylation sites (tertiary alicyclic amines) is 1. The molecule has 7 nitrogen and oxygen atoms in total. The van der Waals surface area contributed by atoms with Crippen molar-refractivity contribution >= 4 is 11.6 Å². The molecule has 0 bridgehead atoms. The number of nitrogens with two attached hydrogens (primary N) is 1. The molecule has 0 radical (unpaired) electrons. The molecule has 2 N–H and O–H groups in total. The molecule has 0 unspecified atom stereocenters. The van der Waals surface area contributed by atoms with E-state index in [1.807, 2.05) is 74.5 Å². The summed E-state index contributed by atoms with van der Waals surface area (Å²) < 4.78 is 16.8. The summed E-state index contributed by atoms with van der Waals surface area (Å²) in [4.78, 5) is 17.5. The zero-order valence-corrected chi connectivity index (χ0v) is 25.1. The Kier molecular flexibility index (Phi) is 13.7. The highest BCUT2D eigenvalue weighted by atomic mass is 16.5. The zero-order valence-electron chi connectivity index (χ0n) is 25.1. The second-order valence-corrected chi connectivity index (χ2v) is 9.58. The van der Waals surface area contributed by atoms with Gasteiger partial charge >= 0.3 is 0 Å². The van der Waals surface area contributed by atoms with Crippen molar-refractivity contribution in [3.63, 3.8) is 0 Å². The summed E-state index contributed by atoms with van der Waals surface area (Å²) in [7, 11) is 0. The van der Waals surface area contributed by atoms with Crippen molar-refractivity contribution in [2.45, 2.75) is 26.7 Å². The van der Waals surface area contributed by atoms with Gasteiger partial charge in [-0.1, -0.05) is 63.4 Å². The number of carbonyl (C=O) groups is 1. The number of amides is 1. The molecule has 0 spiro atoms. The van der Waals surface area contributed by atoms with E-state index in [9.17, 15) is 4.79 Å². The molecular formula is C35H45N3O4. The molecular weight excluding hydrogens is 526 g/mol. The van der Waals surface area contributed by atoms with E-state index in [2.05, 4.69) is 30.2 Å². The van der Waals surface area contributed by atoms with Gasteiger partial charge in [-0.05, 0) is 79.5 Å². The minimum atomic E-state index is -0.0418. The largest absolute Gasteiger partial charge is 0.493 e. The van der Waals surface area contributed by atoms with E-state index >= 15 is 0 Å². The van der Waals surface area contributed by atoms with Gasteiger partial charge in [-0.15, -0.1) is 0 Å². The molecule has 5 rings (SSSR count). The Morgan fingerprint density at radius 2 is 1.67 bits per heavy atom. The van der Waals surface area contributed by atoms with Crippen LogP contribution < -0.4 is 20.1 Å². The van der Waals surface area contributed by atoms with Crippen molar-refractivity contribution in [2.24, 2.45) is 5.73 Å². The fraction of sp³-hybridized carbons (Fsp3) is 0.343. The third kappa shape index (κ3) is 9.50. The van der Waals surface area contributed by atoms with Gasteiger partial charge in [0, 0.05) is 18.8 Å². The lowest BCUT2D eigenvalue weighted by Crippen LogP contribution is -2.32. The van der Waals surface area contributed by atoms with Gasteiger partial charge in [0.25, 0.3) is 5.91 Å². The van der Waals surface area contributed by atoms with Crippen molar-refractivity contribution in [3.05, 3.63) is 103 Å². The molecule has 2 aliphatic rings. The Bertz CT molecular complexity index is 1250. The molecule has 3 aromatic carbocycles. The molecule has 42 heavy (non-hydrogen) atoms. The van der Waals surface area contributed by atoms with Crippen LogP contribution in [0.15, 0.2) is 97.8 Å². The Morgan fingerprint density at radius 3 is 2.33 bits per heavy atom. The predicted molar refractivity (Wildman–Crippen MR) is 172 cm³/mol. The minimum Gasteiger partial charge on any atom is -0.493 e. The van der Waals surface area contributed by atoms with Crippen LogP contribution in [0.4, 0.5) is 5.69 Å². The van der Waals surface area contributed by atoms with E-state index < -0.39 is 0 Å². The molecule has 1 saturated heterocycles. The normalized spacial score (nSPS) is 14.2. The van der Waals surface area contributed by atoms with E-state index in [-0.39, 0.29) is 5.91 Å². The number of nitrogens with zero attached hydrogens (tertiary/aromatic N) is 2. The summed E-state index contributed by atoms with van der Waals surface area (Å²) in [5.41, 5.74) is 8.72. The Hall–Kier alpha value is -4.07. The predicted octanol–water partition coefficient (Wildman–Crippen LogP) is 6.56. The zero-order chi connectivity index (χ0) is 30.2. The van der Waals surface area contributed by atoms with Gasteiger partial charge in [0.1, 0.15) is 37.1 Å². The summed E-state index contributed by atoms with van der Waals surface area (Å²) >= 11 is 0. The standard InChI is InChI=1S/C27H28N2O3.C6H11NO.C2H6/c30-27-25-13-8-22(21-6-2-1-3-7-21)20-26(25)32-19-17-29(27)23-9-11-24(12-10-23)31-18-16-28-14-4-5-15-28;1-3-6(2)8-5-4-7;1-2/h1-3,6-13,20H,4-5,14-19H2;3H,1-2,4-5,7H2;1-2H3. The summed E-state index contributed by atoms with van der Waals surface area (Å²) in [6, 6.07) is 23.7. The van der Waals surface area contributed by atoms with Crippen LogP contribution in [-0.4, -0.2) is 63.4 Å². The topological polar surface area (TPSA) is 77.3 Å². The van der Waals surface area contributed by atoms with Crippen LogP contribution in [0, 0.1) is 0 Å². The summed E-state index contributed by atoms with van der Waals surface area (Å²) in [6.45, 7) is 17.0. The van der Waals surface area contributed by atoms with E-state index in [0.29, 0.717) is 50.0 Å². The molecule has 2 heterocycles. The Labute approximate surface area is 251 Å². The lowest BCUT2D eigenvalue weighted by atomic mass is 10.0. The molecule has 3 aromatic rings. The minimum absolute atomic E-state index is 0.0418. The van der Waals surface area contributed by atoms with E-state index in [0.717, 1.165) is 29.1 Å². The number of hydrogen-bond donors (Lipinski definition) is 1. The quantitative estimate of drug-likeness (QED) is 0.220. The maximum absolute atomic E-state index is 13.3. The van der Waals surface area contributed by atoms with Gasteiger partial charge in [0.2, 0.25) is 0 Å². The first-order valence-electron chi connectivity index (χ1n) is 14.8. The third-order valence-electron chi connectivity index (χ3n) is 6.79. The van der Waals surface area contributed by atoms with Gasteiger partial charge in [-0.25, -0.2) is 0 Å². The van der Waals surface area contributed by atoms with Crippen molar-refractivity contribution in [2.75, 3.05) is 57.4 Å². The van der Waals surface area contributed by atoms with Crippen LogP contribution in [0.1, 0.15) is 37.0 Å².